The number of rotatable bonds is 6. The molecule has 1 aromatic rings. The predicted molar refractivity (Wildman–Crippen MR) is 106 cm³/mol. The Balaban J connectivity index is 1.73. The van der Waals surface area contributed by atoms with Crippen molar-refractivity contribution in [1.82, 2.24) is 10.6 Å². The summed E-state index contributed by atoms with van der Waals surface area (Å²) in [5, 5.41) is 6.85. The van der Waals surface area contributed by atoms with Crippen LogP contribution in [0.5, 0.6) is 0 Å². The topological polar surface area (TPSA) is 54.9 Å². The average Bonchev–Trinajstić information content (AvgIpc) is 3.19. The zero-order valence-electron chi connectivity index (χ0n) is 16.2. The lowest BCUT2D eigenvalue weighted by Crippen LogP contribution is -2.43. The zero-order chi connectivity index (χ0) is 18.2. The highest BCUT2D eigenvalue weighted by Gasteiger charge is 2.35. The first-order valence-corrected chi connectivity index (χ1v) is 10.0. The number of hydrogen-bond donors (Lipinski definition) is 2. The first-order valence-electron chi connectivity index (χ1n) is 10.0. The predicted octanol–water partition coefficient (Wildman–Crippen LogP) is 2.78. The van der Waals surface area contributed by atoms with Crippen LogP contribution in [0, 0.1) is 6.92 Å². The number of nitrogens with zero attached hydrogens (tertiary/aromatic N) is 1. The lowest BCUT2D eigenvalue weighted by atomic mass is 9.72. The Kier molecular flexibility index (Phi) is 6.92. The van der Waals surface area contributed by atoms with Crippen LogP contribution in [0.1, 0.15) is 43.7 Å². The Labute approximate surface area is 157 Å². The highest BCUT2D eigenvalue weighted by atomic mass is 16.5. The summed E-state index contributed by atoms with van der Waals surface area (Å²) < 4.78 is 11.4. The third kappa shape index (κ3) is 4.77. The van der Waals surface area contributed by atoms with Gasteiger partial charge in [-0.3, -0.25) is 4.99 Å². The Morgan fingerprint density at radius 2 is 2.00 bits per heavy atom. The summed E-state index contributed by atoms with van der Waals surface area (Å²) in [4.78, 5) is 4.97. The lowest BCUT2D eigenvalue weighted by molar-refractivity contribution is 0.0529. The first-order chi connectivity index (χ1) is 12.7. The number of aliphatic imine (C=N–C) groups is 1. The van der Waals surface area contributed by atoms with Gasteiger partial charge in [0, 0.05) is 38.3 Å². The van der Waals surface area contributed by atoms with E-state index >= 15 is 0 Å². The molecule has 26 heavy (non-hydrogen) atoms. The smallest absolute Gasteiger partial charge is 0.191 e. The highest BCUT2D eigenvalue weighted by Crippen LogP contribution is 2.37. The quantitative estimate of drug-likeness (QED) is 0.606. The maximum atomic E-state index is 5.72. The van der Waals surface area contributed by atoms with Crippen LogP contribution in [0.4, 0.5) is 0 Å². The maximum absolute atomic E-state index is 5.72. The van der Waals surface area contributed by atoms with Crippen LogP contribution >= 0.6 is 0 Å². The molecule has 0 spiro atoms. The van der Waals surface area contributed by atoms with Crippen molar-refractivity contribution < 1.29 is 9.47 Å². The third-order valence-electron chi connectivity index (χ3n) is 5.57. The van der Waals surface area contributed by atoms with Crippen LogP contribution in [-0.4, -0.2) is 51.5 Å². The van der Waals surface area contributed by atoms with Crippen molar-refractivity contribution in [3.8, 4) is 0 Å². The summed E-state index contributed by atoms with van der Waals surface area (Å²) in [5.74, 6) is 0.891. The molecule has 144 valence electrons. The van der Waals surface area contributed by atoms with Gasteiger partial charge in [0.05, 0.1) is 12.6 Å². The molecule has 0 saturated carbocycles. The molecule has 1 unspecified atom stereocenters. The van der Waals surface area contributed by atoms with Gasteiger partial charge in [-0.15, -0.1) is 0 Å². The molecule has 1 atom stereocenters. The second-order valence-corrected chi connectivity index (χ2v) is 7.42. The molecular formula is C21H33N3O2. The van der Waals surface area contributed by atoms with Gasteiger partial charge in [0.1, 0.15) is 0 Å². The Hall–Kier alpha value is -1.59. The van der Waals surface area contributed by atoms with E-state index in [-0.39, 0.29) is 5.41 Å². The third-order valence-corrected chi connectivity index (χ3v) is 5.57. The van der Waals surface area contributed by atoms with Gasteiger partial charge in [0.25, 0.3) is 0 Å². The fraction of sp³-hybridized carbons (Fsp3) is 0.667. The van der Waals surface area contributed by atoms with Crippen LogP contribution in [-0.2, 0) is 14.9 Å². The second-order valence-electron chi connectivity index (χ2n) is 7.42. The van der Waals surface area contributed by atoms with Crippen LogP contribution in [0.25, 0.3) is 0 Å². The zero-order valence-corrected chi connectivity index (χ0v) is 16.2. The molecule has 0 aliphatic carbocycles. The van der Waals surface area contributed by atoms with E-state index in [0.29, 0.717) is 6.10 Å². The number of ether oxygens (including phenoxy) is 2. The second kappa shape index (κ2) is 9.38. The monoisotopic (exact) mass is 359 g/mol. The van der Waals surface area contributed by atoms with Gasteiger partial charge < -0.3 is 20.1 Å². The van der Waals surface area contributed by atoms with Crippen molar-refractivity contribution in [1.29, 1.82) is 0 Å². The van der Waals surface area contributed by atoms with Gasteiger partial charge in [-0.2, -0.15) is 0 Å². The molecule has 0 amide bonds. The molecule has 2 fully saturated rings. The van der Waals surface area contributed by atoms with Crippen molar-refractivity contribution in [2.75, 3.05) is 39.5 Å². The van der Waals surface area contributed by atoms with Gasteiger partial charge in [0.15, 0.2) is 5.96 Å². The molecular weight excluding hydrogens is 326 g/mol. The van der Waals surface area contributed by atoms with Crippen molar-refractivity contribution in [2.24, 2.45) is 4.99 Å². The van der Waals surface area contributed by atoms with Gasteiger partial charge in [0.2, 0.25) is 0 Å². The van der Waals surface area contributed by atoms with Crippen molar-refractivity contribution in [2.45, 2.75) is 51.0 Å². The fourth-order valence-corrected chi connectivity index (χ4v) is 4.03. The van der Waals surface area contributed by atoms with Crippen LogP contribution in [0.15, 0.2) is 29.3 Å². The number of aryl methyl sites for hydroxylation is 1. The first kappa shape index (κ1) is 19.2. The van der Waals surface area contributed by atoms with E-state index in [2.05, 4.69) is 48.7 Å². The normalized spacial score (nSPS) is 23.0. The molecule has 0 radical (unpaired) electrons. The number of guanidine groups is 1. The molecule has 2 aliphatic rings. The van der Waals surface area contributed by atoms with E-state index in [1.54, 1.807) is 0 Å². The van der Waals surface area contributed by atoms with E-state index in [9.17, 15) is 0 Å². The van der Waals surface area contributed by atoms with Gasteiger partial charge in [-0.05, 0) is 50.7 Å². The Morgan fingerprint density at radius 3 is 2.69 bits per heavy atom. The minimum Gasteiger partial charge on any atom is -0.381 e. The van der Waals surface area contributed by atoms with E-state index in [1.807, 2.05) is 0 Å². The molecule has 2 N–H and O–H groups in total. The van der Waals surface area contributed by atoms with E-state index < -0.39 is 0 Å². The molecule has 1 aromatic carbocycles. The Morgan fingerprint density at radius 1 is 1.19 bits per heavy atom. The molecule has 0 aromatic heterocycles. The largest absolute Gasteiger partial charge is 0.381 e. The summed E-state index contributed by atoms with van der Waals surface area (Å²) in [6.07, 6.45) is 4.65. The molecule has 2 heterocycles. The molecule has 5 heteroatoms. The van der Waals surface area contributed by atoms with E-state index in [0.717, 1.165) is 71.1 Å². The fourth-order valence-electron chi connectivity index (χ4n) is 4.03. The van der Waals surface area contributed by atoms with Crippen molar-refractivity contribution in [3.63, 3.8) is 0 Å². The van der Waals surface area contributed by atoms with Crippen molar-refractivity contribution >= 4 is 5.96 Å². The minimum atomic E-state index is 0.0653. The molecule has 3 rings (SSSR count). The van der Waals surface area contributed by atoms with E-state index in [4.69, 9.17) is 14.5 Å². The van der Waals surface area contributed by atoms with Crippen LogP contribution in [0.2, 0.25) is 0 Å². The van der Waals surface area contributed by atoms with Crippen LogP contribution < -0.4 is 10.6 Å². The maximum Gasteiger partial charge on any atom is 0.191 e. The summed E-state index contributed by atoms with van der Waals surface area (Å²) >= 11 is 0. The summed E-state index contributed by atoms with van der Waals surface area (Å²) in [6.45, 7) is 9.28. The van der Waals surface area contributed by atoms with E-state index in [1.165, 1.54) is 11.1 Å². The molecule has 2 aliphatic heterocycles. The summed E-state index contributed by atoms with van der Waals surface area (Å²) in [5.41, 5.74) is 2.83. The SMILES string of the molecule is CCNC(=NCC1(c2ccccc2C)CCOCC1)NCC1CCCO1. The Bertz CT molecular complexity index is 591. The number of benzene rings is 1. The summed E-state index contributed by atoms with van der Waals surface area (Å²) in [7, 11) is 0. The number of hydrogen-bond acceptors (Lipinski definition) is 3. The molecule has 2 saturated heterocycles. The lowest BCUT2D eigenvalue weighted by Gasteiger charge is -2.37. The highest BCUT2D eigenvalue weighted by molar-refractivity contribution is 5.79. The number of nitrogens with one attached hydrogen (secondary N) is 2. The van der Waals surface area contributed by atoms with Crippen molar-refractivity contribution in [3.05, 3.63) is 35.4 Å². The van der Waals surface area contributed by atoms with Gasteiger partial charge >= 0.3 is 0 Å². The average molecular weight is 360 g/mol. The van der Waals surface area contributed by atoms with Gasteiger partial charge in [-0.1, -0.05) is 24.3 Å². The molecule has 5 nitrogen and oxygen atoms in total. The molecule has 0 bridgehead atoms. The van der Waals surface area contributed by atoms with Gasteiger partial charge in [-0.25, -0.2) is 0 Å². The van der Waals surface area contributed by atoms with Crippen LogP contribution in [0.3, 0.4) is 0 Å². The summed E-state index contributed by atoms with van der Waals surface area (Å²) in [6, 6.07) is 8.73. The standard InChI is InChI=1S/C21H33N3O2/c1-3-22-20(23-15-18-8-6-12-26-18)24-16-21(10-13-25-14-11-21)19-9-5-4-7-17(19)2/h4-5,7,9,18H,3,6,8,10-16H2,1-2H3,(H2,22,23,24). The minimum absolute atomic E-state index is 0.0653.